The van der Waals surface area contributed by atoms with Crippen LogP contribution in [0.3, 0.4) is 0 Å². The van der Waals surface area contributed by atoms with Gasteiger partial charge in [0.1, 0.15) is 5.52 Å². The van der Waals surface area contributed by atoms with Crippen LogP contribution in [-0.4, -0.2) is 48.8 Å². The van der Waals surface area contributed by atoms with Crippen molar-refractivity contribution in [3.8, 4) is 11.5 Å². The Hall–Kier alpha value is -3.35. The van der Waals surface area contributed by atoms with Gasteiger partial charge in [0, 0.05) is 19.1 Å². The molecule has 4 aromatic rings. The van der Waals surface area contributed by atoms with Crippen LogP contribution in [-0.2, 0) is 4.74 Å². The Kier molecular flexibility index (Phi) is 6.87. The number of ether oxygens (including phenoxy) is 3. The molecule has 6 heteroatoms. The monoisotopic (exact) mass is 484 g/mol. The average Bonchev–Trinajstić information content (AvgIpc) is 3.38. The quantitative estimate of drug-likeness (QED) is 0.286. The lowest BCUT2D eigenvalue weighted by molar-refractivity contribution is -0.0368. The van der Waals surface area contributed by atoms with E-state index in [1.54, 1.807) is 0 Å². The third kappa shape index (κ3) is 5.11. The lowest BCUT2D eigenvalue weighted by Gasteiger charge is -2.34. The number of likely N-dealkylation sites (tertiary alicyclic amines) is 1. The highest BCUT2D eigenvalue weighted by atomic mass is 16.6. The topological polar surface area (TPSA) is 57.0 Å². The Bertz CT molecular complexity index is 1230. The van der Waals surface area contributed by atoms with Gasteiger partial charge in [0.15, 0.2) is 35.2 Å². The molecule has 1 aromatic heterocycles. The van der Waals surface area contributed by atoms with Crippen molar-refractivity contribution in [3.05, 3.63) is 90.3 Å². The minimum atomic E-state index is -0.188. The second kappa shape index (κ2) is 10.7. The van der Waals surface area contributed by atoms with E-state index in [0.717, 1.165) is 72.9 Å². The minimum absolute atomic E-state index is 0.186. The zero-order valence-electron chi connectivity index (χ0n) is 20.4. The van der Waals surface area contributed by atoms with Gasteiger partial charge >= 0.3 is 0 Å². The van der Waals surface area contributed by atoms with Crippen LogP contribution in [0.2, 0.25) is 0 Å². The lowest BCUT2D eigenvalue weighted by Crippen LogP contribution is -2.37. The molecule has 2 unspecified atom stereocenters. The van der Waals surface area contributed by atoms with Crippen molar-refractivity contribution in [2.75, 3.05) is 32.8 Å². The van der Waals surface area contributed by atoms with Gasteiger partial charge in [0.25, 0.3) is 0 Å². The van der Waals surface area contributed by atoms with E-state index in [4.69, 9.17) is 23.6 Å². The van der Waals surface area contributed by atoms with Crippen molar-refractivity contribution in [3.63, 3.8) is 0 Å². The maximum atomic E-state index is 6.32. The van der Waals surface area contributed by atoms with Gasteiger partial charge in [-0.1, -0.05) is 54.6 Å². The van der Waals surface area contributed by atoms with Crippen LogP contribution < -0.4 is 9.47 Å². The van der Waals surface area contributed by atoms with Crippen molar-refractivity contribution in [1.82, 2.24) is 9.88 Å². The smallest absolute Gasteiger partial charge is 0.198 e. The molecule has 0 radical (unpaired) electrons. The summed E-state index contributed by atoms with van der Waals surface area (Å²) in [5, 5.41) is 0. The second-order valence-electron chi connectivity index (χ2n) is 9.62. The summed E-state index contributed by atoms with van der Waals surface area (Å²) >= 11 is 0. The lowest BCUT2D eigenvalue weighted by atomic mass is 9.97. The minimum Gasteiger partial charge on any atom is -0.480 e. The number of para-hydroxylation sites is 4. The molecule has 2 aliphatic heterocycles. The fourth-order valence-electron chi connectivity index (χ4n) is 5.19. The molecule has 0 N–H and O–H groups in total. The third-order valence-electron chi connectivity index (χ3n) is 7.14. The van der Waals surface area contributed by atoms with Gasteiger partial charge in [-0.3, -0.25) is 0 Å². The van der Waals surface area contributed by atoms with Crippen LogP contribution >= 0.6 is 0 Å². The molecule has 0 bridgehead atoms. The summed E-state index contributed by atoms with van der Waals surface area (Å²) in [6, 6.07) is 26.1. The summed E-state index contributed by atoms with van der Waals surface area (Å²) in [7, 11) is 0. The molecule has 0 saturated carbocycles. The first-order valence-electron chi connectivity index (χ1n) is 13.0. The third-order valence-corrected chi connectivity index (χ3v) is 7.14. The largest absolute Gasteiger partial charge is 0.480 e. The van der Waals surface area contributed by atoms with Gasteiger partial charge in [-0.05, 0) is 62.2 Å². The van der Waals surface area contributed by atoms with E-state index in [2.05, 4.69) is 17.0 Å². The molecule has 1 fully saturated rings. The number of piperidine rings is 1. The number of rotatable bonds is 8. The summed E-state index contributed by atoms with van der Waals surface area (Å²) in [5.41, 5.74) is 2.94. The zero-order valence-corrected chi connectivity index (χ0v) is 20.4. The molecule has 3 heterocycles. The SMILES string of the molecule is c1ccc(C2Oc3ccccc3OC2COCCCN2CCC(c3nc4ccccc4o3)CC2)cc1. The molecule has 2 aliphatic rings. The Morgan fingerprint density at radius 2 is 1.56 bits per heavy atom. The molecule has 186 valence electrons. The number of hydrogen-bond donors (Lipinski definition) is 0. The highest BCUT2D eigenvalue weighted by molar-refractivity contribution is 5.72. The maximum Gasteiger partial charge on any atom is 0.198 e. The van der Waals surface area contributed by atoms with Crippen molar-refractivity contribution < 1.29 is 18.6 Å². The highest BCUT2D eigenvalue weighted by Gasteiger charge is 2.33. The Balaban J connectivity index is 0.965. The molecule has 6 rings (SSSR count). The summed E-state index contributed by atoms with van der Waals surface area (Å²) in [6.45, 7) is 4.36. The fourth-order valence-corrected chi connectivity index (χ4v) is 5.19. The Morgan fingerprint density at radius 1 is 0.833 bits per heavy atom. The zero-order chi connectivity index (χ0) is 24.2. The molecule has 1 saturated heterocycles. The molecular formula is C30H32N2O4. The van der Waals surface area contributed by atoms with E-state index in [9.17, 15) is 0 Å². The van der Waals surface area contributed by atoms with Crippen molar-refractivity contribution in [2.45, 2.75) is 37.4 Å². The number of aromatic nitrogens is 1. The van der Waals surface area contributed by atoms with Crippen LogP contribution in [0.15, 0.2) is 83.3 Å². The van der Waals surface area contributed by atoms with Crippen LogP contribution in [0, 0.1) is 0 Å². The summed E-state index contributed by atoms with van der Waals surface area (Å²) < 4.78 is 24.7. The van der Waals surface area contributed by atoms with Crippen LogP contribution in [0.25, 0.3) is 11.1 Å². The van der Waals surface area contributed by atoms with Crippen molar-refractivity contribution in [2.24, 2.45) is 0 Å². The molecular weight excluding hydrogens is 452 g/mol. The predicted octanol–water partition coefficient (Wildman–Crippen LogP) is 6.00. The van der Waals surface area contributed by atoms with Gasteiger partial charge in [-0.2, -0.15) is 0 Å². The number of fused-ring (bicyclic) bond motifs is 2. The van der Waals surface area contributed by atoms with Gasteiger partial charge < -0.3 is 23.5 Å². The first kappa shape index (κ1) is 23.1. The number of benzene rings is 3. The van der Waals surface area contributed by atoms with E-state index in [1.165, 1.54) is 0 Å². The summed E-state index contributed by atoms with van der Waals surface area (Å²) in [6.07, 6.45) is 2.78. The van der Waals surface area contributed by atoms with Gasteiger partial charge in [0.2, 0.25) is 0 Å². The predicted molar refractivity (Wildman–Crippen MR) is 139 cm³/mol. The highest BCUT2D eigenvalue weighted by Crippen LogP contribution is 2.39. The number of hydrogen-bond acceptors (Lipinski definition) is 6. The van der Waals surface area contributed by atoms with E-state index < -0.39 is 0 Å². The van der Waals surface area contributed by atoms with E-state index in [-0.39, 0.29) is 12.2 Å². The van der Waals surface area contributed by atoms with Crippen LogP contribution in [0.5, 0.6) is 11.5 Å². The van der Waals surface area contributed by atoms with E-state index in [0.29, 0.717) is 19.1 Å². The number of oxazole rings is 1. The molecule has 0 amide bonds. The van der Waals surface area contributed by atoms with Crippen LogP contribution in [0.4, 0.5) is 0 Å². The standard InChI is InChI=1S/C30H32N2O4/c1-2-9-22(10-3-1)29-28(34-26-13-6-7-14-27(26)35-29)21-33-20-8-17-32-18-15-23(16-19-32)30-31-24-11-4-5-12-25(24)36-30/h1-7,9-14,23,28-29H,8,15-21H2. The second-order valence-corrected chi connectivity index (χ2v) is 9.62. The first-order chi connectivity index (χ1) is 17.8. The Morgan fingerprint density at radius 3 is 2.36 bits per heavy atom. The fraction of sp³-hybridized carbons (Fsp3) is 0.367. The average molecular weight is 485 g/mol. The summed E-state index contributed by atoms with van der Waals surface area (Å²) in [5.74, 6) is 2.86. The van der Waals surface area contributed by atoms with E-state index >= 15 is 0 Å². The van der Waals surface area contributed by atoms with Gasteiger partial charge in [-0.15, -0.1) is 0 Å². The normalized spacial score (nSPS) is 20.6. The molecule has 6 nitrogen and oxygen atoms in total. The Labute approximate surface area is 211 Å². The molecule has 3 aromatic carbocycles. The van der Waals surface area contributed by atoms with E-state index in [1.807, 2.05) is 66.7 Å². The maximum absolute atomic E-state index is 6.32. The summed E-state index contributed by atoms with van der Waals surface area (Å²) in [4.78, 5) is 7.23. The van der Waals surface area contributed by atoms with Crippen molar-refractivity contribution >= 4 is 11.1 Å². The van der Waals surface area contributed by atoms with Gasteiger partial charge in [0.05, 0.1) is 6.61 Å². The number of nitrogens with zero attached hydrogens (tertiary/aromatic N) is 2. The van der Waals surface area contributed by atoms with Crippen molar-refractivity contribution in [1.29, 1.82) is 0 Å². The first-order valence-corrected chi connectivity index (χ1v) is 13.0. The van der Waals surface area contributed by atoms with Crippen LogP contribution in [0.1, 0.15) is 42.7 Å². The van der Waals surface area contributed by atoms with Gasteiger partial charge in [-0.25, -0.2) is 4.98 Å². The molecule has 0 spiro atoms. The molecule has 2 atom stereocenters. The molecule has 0 aliphatic carbocycles. The molecule has 36 heavy (non-hydrogen) atoms.